The van der Waals surface area contributed by atoms with Gasteiger partial charge in [-0.3, -0.25) is 0 Å². The zero-order valence-electron chi connectivity index (χ0n) is 11.3. The Hall–Kier alpha value is -2.52. The van der Waals surface area contributed by atoms with Crippen LogP contribution in [0.1, 0.15) is 22.8 Å². The van der Waals surface area contributed by atoms with Gasteiger partial charge in [0.25, 0.3) is 0 Å². The number of aliphatic hydroxyl groups excluding tert-OH is 1. The number of hydrogen-bond donors (Lipinski definition) is 1. The first-order chi connectivity index (χ1) is 10.4. The van der Waals surface area contributed by atoms with Gasteiger partial charge in [0.2, 0.25) is 0 Å². The van der Waals surface area contributed by atoms with Gasteiger partial charge in [0.05, 0.1) is 17.2 Å². The molecule has 0 radical (unpaired) electrons. The van der Waals surface area contributed by atoms with Crippen LogP contribution in [0.3, 0.4) is 0 Å². The molecule has 22 heavy (non-hydrogen) atoms. The number of alkyl halides is 3. The van der Waals surface area contributed by atoms with E-state index in [4.69, 9.17) is 10.00 Å². The highest BCUT2D eigenvalue weighted by atomic mass is 19.4. The zero-order chi connectivity index (χ0) is 16.2. The number of benzene rings is 2. The van der Waals surface area contributed by atoms with E-state index in [1.807, 2.05) is 6.07 Å². The fourth-order valence-corrected chi connectivity index (χ4v) is 1.81. The molecule has 3 nitrogen and oxygen atoms in total. The standard InChI is InChI=1S/C16H12F3NO2/c17-16(18,19)13-2-1-3-14(8-13)22-10-15(21)12-6-4-11(9-20)5-7-12/h1-8,15,21H,10H2. The Balaban J connectivity index is 2.01. The van der Waals surface area contributed by atoms with Gasteiger partial charge in [-0.05, 0) is 35.9 Å². The van der Waals surface area contributed by atoms with Crippen molar-refractivity contribution in [3.63, 3.8) is 0 Å². The van der Waals surface area contributed by atoms with Crippen LogP contribution in [-0.2, 0) is 6.18 Å². The van der Waals surface area contributed by atoms with Gasteiger partial charge in [-0.15, -0.1) is 0 Å². The van der Waals surface area contributed by atoms with Crippen LogP contribution in [0.25, 0.3) is 0 Å². The minimum Gasteiger partial charge on any atom is -0.491 e. The smallest absolute Gasteiger partial charge is 0.416 e. The minimum absolute atomic E-state index is 0.0301. The lowest BCUT2D eigenvalue weighted by Crippen LogP contribution is -2.10. The summed E-state index contributed by atoms with van der Waals surface area (Å²) < 4.78 is 42.9. The average molecular weight is 307 g/mol. The maximum absolute atomic E-state index is 12.6. The maximum Gasteiger partial charge on any atom is 0.416 e. The van der Waals surface area contributed by atoms with E-state index in [1.165, 1.54) is 12.1 Å². The average Bonchev–Trinajstić information content (AvgIpc) is 2.52. The second-order valence-electron chi connectivity index (χ2n) is 4.59. The molecule has 0 saturated carbocycles. The summed E-state index contributed by atoms with van der Waals surface area (Å²) >= 11 is 0. The molecule has 0 aliphatic heterocycles. The van der Waals surface area contributed by atoms with Crippen molar-refractivity contribution < 1.29 is 23.0 Å². The van der Waals surface area contributed by atoms with Crippen molar-refractivity contribution in [2.24, 2.45) is 0 Å². The highest BCUT2D eigenvalue weighted by Gasteiger charge is 2.30. The van der Waals surface area contributed by atoms with E-state index in [1.54, 1.807) is 24.3 Å². The zero-order valence-corrected chi connectivity index (χ0v) is 11.3. The van der Waals surface area contributed by atoms with Crippen LogP contribution >= 0.6 is 0 Å². The Morgan fingerprint density at radius 2 is 1.82 bits per heavy atom. The maximum atomic E-state index is 12.6. The Labute approximate surface area is 125 Å². The molecule has 0 bridgehead atoms. The highest BCUT2D eigenvalue weighted by molar-refractivity contribution is 5.33. The monoisotopic (exact) mass is 307 g/mol. The third kappa shape index (κ3) is 3.99. The second kappa shape index (κ2) is 6.50. The first-order valence-electron chi connectivity index (χ1n) is 6.38. The quantitative estimate of drug-likeness (QED) is 0.937. The summed E-state index contributed by atoms with van der Waals surface area (Å²) in [6.07, 6.45) is -5.44. The SMILES string of the molecule is N#Cc1ccc(C(O)COc2cccc(C(F)(F)F)c2)cc1. The molecule has 0 saturated heterocycles. The summed E-state index contributed by atoms with van der Waals surface area (Å²) in [5, 5.41) is 18.6. The molecule has 0 aliphatic carbocycles. The van der Waals surface area contributed by atoms with E-state index < -0.39 is 17.8 Å². The predicted octanol–water partition coefficient (Wildman–Crippen LogP) is 3.69. The number of nitriles is 1. The fourth-order valence-electron chi connectivity index (χ4n) is 1.81. The lowest BCUT2D eigenvalue weighted by molar-refractivity contribution is -0.137. The van der Waals surface area contributed by atoms with Crippen LogP contribution in [0, 0.1) is 11.3 Å². The Kier molecular flexibility index (Phi) is 4.68. The lowest BCUT2D eigenvalue weighted by Gasteiger charge is -2.14. The van der Waals surface area contributed by atoms with E-state index in [0.717, 1.165) is 12.1 Å². The van der Waals surface area contributed by atoms with Crippen LogP contribution in [0.2, 0.25) is 0 Å². The van der Waals surface area contributed by atoms with Crippen molar-refractivity contribution >= 4 is 0 Å². The van der Waals surface area contributed by atoms with E-state index >= 15 is 0 Å². The Morgan fingerprint density at radius 1 is 1.14 bits per heavy atom. The molecule has 1 atom stereocenters. The van der Waals surface area contributed by atoms with Crippen molar-refractivity contribution in [1.29, 1.82) is 5.26 Å². The third-order valence-electron chi connectivity index (χ3n) is 2.99. The number of rotatable bonds is 4. The van der Waals surface area contributed by atoms with E-state index in [2.05, 4.69) is 0 Å². The molecule has 2 rings (SSSR count). The van der Waals surface area contributed by atoms with Crippen LogP contribution in [0.15, 0.2) is 48.5 Å². The van der Waals surface area contributed by atoms with Crippen molar-refractivity contribution in [2.75, 3.05) is 6.61 Å². The van der Waals surface area contributed by atoms with Crippen molar-refractivity contribution in [1.82, 2.24) is 0 Å². The molecule has 1 N–H and O–H groups in total. The van der Waals surface area contributed by atoms with Gasteiger partial charge in [-0.2, -0.15) is 18.4 Å². The molecule has 0 fully saturated rings. The molecule has 2 aromatic rings. The number of aliphatic hydroxyl groups is 1. The van der Waals surface area contributed by atoms with Gasteiger partial charge in [-0.25, -0.2) is 0 Å². The van der Waals surface area contributed by atoms with Gasteiger partial charge < -0.3 is 9.84 Å². The van der Waals surface area contributed by atoms with Gasteiger partial charge >= 0.3 is 6.18 Å². The van der Waals surface area contributed by atoms with Gasteiger partial charge in [0.15, 0.2) is 0 Å². The van der Waals surface area contributed by atoms with Gasteiger partial charge in [0.1, 0.15) is 18.5 Å². The molecule has 0 aliphatic rings. The summed E-state index contributed by atoms with van der Waals surface area (Å²) in [6.45, 7) is -0.187. The summed E-state index contributed by atoms with van der Waals surface area (Å²) in [5.74, 6) is 0.0301. The Morgan fingerprint density at radius 3 is 2.41 bits per heavy atom. The minimum atomic E-state index is -4.44. The van der Waals surface area contributed by atoms with Crippen LogP contribution in [0.5, 0.6) is 5.75 Å². The molecule has 0 amide bonds. The topological polar surface area (TPSA) is 53.2 Å². The largest absolute Gasteiger partial charge is 0.491 e. The van der Waals surface area contributed by atoms with Crippen LogP contribution < -0.4 is 4.74 Å². The Bertz CT molecular complexity index is 675. The molecule has 0 aromatic heterocycles. The van der Waals surface area contributed by atoms with Crippen molar-refractivity contribution in [3.8, 4) is 11.8 Å². The summed E-state index contributed by atoms with van der Waals surface area (Å²) in [4.78, 5) is 0. The number of ether oxygens (including phenoxy) is 1. The molecule has 2 aromatic carbocycles. The second-order valence-corrected chi connectivity index (χ2v) is 4.59. The molecule has 114 valence electrons. The predicted molar refractivity (Wildman–Crippen MR) is 73.1 cm³/mol. The van der Waals surface area contributed by atoms with E-state index in [0.29, 0.717) is 11.1 Å². The first-order valence-corrected chi connectivity index (χ1v) is 6.38. The normalized spacial score (nSPS) is 12.5. The number of halogens is 3. The molecule has 1 unspecified atom stereocenters. The summed E-state index contributed by atoms with van der Waals surface area (Å²) in [6, 6.07) is 12.6. The van der Waals surface area contributed by atoms with Crippen LogP contribution in [0.4, 0.5) is 13.2 Å². The van der Waals surface area contributed by atoms with E-state index in [-0.39, 0.29) is 12.4 Å². The molecule has 0 spiro atoms. The van der Waals surface area contributed by atoms with Crippen LogP contribution in [-0.4, -0.2) is 11.7 Å². The molecule has 6 heteroatoms. The summed E-state index contributed by atoms with van der Waals surface area (Å²) in [5.41, 5.74) is 0.165. The highest BCUT2D eigenvalue weighted by Crippen LogP contribution is 2.31. The lowest BCUT2D eigenvalue weighted by atomic mass is 10.1. The van der Waals surface area contributed by atoms with Crippen molar-refractivity contribution in [3.05, 3.63) is 65.2 Å². The molecular formula is C16H12F3NO2. The molecular weight excluding hydrogens is 295 g/mol. The van der Waals surface area contributed by atoms with Gasteiger partial charge in [-0.1, -0.05) is 18.2 Å². The van der Waals surface area contributed by atoms with E-state index in [9.17, 15) is 18.3 Å². The number of hydrogen-bond acceptors (Lipinski definition) is 3. The van der Waals surface area contributed by atoms with Crippen molar-refractivity contribution in [2.45, 2.75) is 12.3 Å². The fraction of sp³-hybridized carbons (Fsp3) is 0.188. The number of nitrogens with zero attached hydrogens (tertiary/aromatic N) is 1. The third-order valence-corrected chi connectivity index (χ3v) is 2.99. The van der Waals surface area contributed by atoms with Gasteiger partial charge in [0, 0.05) is 0 Å². The molecule has 0 heterocycles. The summed E-state index contributed by atoms with van der Waals surface area (Å²) in [7, 11) is 0. The first kappa shape index (κ1) is 15.9.